The van der Waals surface area contributed by atoms with Gasteiger partial charge in [-0.2, -0.15) is 0 Å². The first-order valence-corrected chi connectivity index (χ1v) is 20.6. The summed E-state index contributed by atoms with van der Waals surface area (Å²) in [4.78, 5) is 37.0. The van der Waals surface area contributed by atoms with Crippen LogP contribution in [0.2, 0.25) is 23.3 Å². The highest BCUT2D eigenvalue weighted by atomic mass is 79.9. The Bertz CT molecular complexity index is 1600. The van der Waals surface area contributed by atoms with E-state index in [-0.39, 0.29) is 33.0 Å². The lowest BCUT2D eigenvalue weighted by atomic mass is 9.57. The van der Waals surface area contributed by atoms with Gasteiger partial charge in [0.15, 0.2) is 30.0 Å². The maximum Gasteiger partial charge on any atom is 0.265 e. The molecule has 0 radical (unpaired) electrons. The summed E-state index contributed by atoms with van der Waals surface area (Å²) < 4.78 is 25.5. The molecule has 5 rings (SSSR count). The molecule has 4 atom stereocenters. The van der Waals surface area contributed by atoms with Gasteiger partial charge in [-0.1, -0.05) is 59.1 Å². The van der Waals surface area contributed by atoms with Gasteiger partial charge < -0.3 is 23.5 Å². The number of unbranched alkanes of at least 4 members (excludes halogenated alkanes) is 2. The quantitative estimate of drug-likeness (QED) is 0.104. The Kier molecular flexibility index (Phi) is 10.1. The van der Waals surface area contributed by atoms with Crippen molar-refractivity contribution >= 4 is 53.2 Å². The number of aliphatic hydroxyl groups excluding tert-OH is 1. The minimum Gasteiger partial charge on any atom is -0.507 e. The predicted molar refractivity (Wildman–Crippen MR) is 186 cm³/mol. The topological polar surface area (TPSA) is 124 Å². The Labute approximate surface area is 291 Å². The predicted octanol–water partition coefficient (Wildman–Crippen LogP) is 8.13. The number of halogens is 2. The number of nitrogens with zero attached hydrogens (tertiary/aromatic N) is 3. The van der Waals surface area contributed by atoms with Crippen LogP contribution >= 0.6 is 27.5 Å². The van der Waals surface area contributed by atoms with Crippen molar-refractivity contribution in [3.05, 3.63) is 37.8 Å². The average molecular weight is 753 g/mol. The molecule has 1 N–H and O–H groups in total. The van der Waals surface area contributed by atoms with E-state index in [0.29, 0.717) is 53.3 Å². The molecule has 2 heterocycles. The highest BCUT2D eigenvalue weighted by Crippen LogP contribution is 2.59. The SMILES string of the molecule is CCCCOc1noc2c1C(=O)[C@@]1(O[Si](C)(C)C(C)(C)C)C(=O)C3=C(O)c4c(c(Cl)nc(Br)c4OCCCC)C[C@H]3C[C@H]1[C@@H]2N(C)C. The van der Waals surface area contributed by atoms with Crippen molar-refractivity contribution in [3.63, 3.8) is 0 Å². The molecule has 47 heavy (non-hydrogen) atoms. The number of fused-ring (bicyclic) bond motifs is 4. The maximum absolute atomic E-state index is 15.4. The van der Waals surface area contributed by atoms with Crippen LogP contribution in [0.4, 0.5) is 0 Å². The molecule has 0 spiro atoms. The van der Waals surface area contributed by atoms with Crippen molar-refractivity contribution < 1.29 is 33.1 Å². The maximum atomic E-state index is 15.4. The molecule has 0 bridgehead atoms. The van der Waals surface area contributed by atoms with Crippen LogP contribution in [0.25, 0.3) is 5.76 Å². The number of hydrogen-bond donors (Lipinski definition) is 1. The summed E-state index contributed by atoms with van der Waals surface area (Å²) in [5, 5.41) is 16.2. The zero-order valence-corrected chi connectivity index (χ0v) is 32.2. The largest absolute Gasteiger partial charge is 0.507 e. The second-order valence-electron chi connectivity index (χ2n) is 14.7. The third kappa shape index (κ3) is 5.89. The van der Waals surface area contributed by atoms with Crippen molar-refractivity contribution in [2.45, 2.75) is 103 Å². The van der Waals surface area contributed by atoms with Gasteiger partial charge in [0.1, 0.15) is 16.5 Å². The van der Waals surface area contributed by atoms with Gasteiger partial charge in [0.05, 0.1) is 24.8 Å². The number of Topliss-reactive ketones (excluding diaryl/α,β-unsaturated/α-hetero) is 2. The molecule has 0 aliphatic heterocycles. The molecule has 0 aromatic carbocycles. The van der Waals surface area contributed by atoms with E-state index in [4.69, 9.17) is 30.0 Å². The van der Waals surface area contributed by atoms with E-state index < -0.39 is 43.4 Å². The van der Waals surface area contributed by atoms with Gasteiger partial charge in [-0.3, -0.25) is 14.5 Å². The molecule has 2 aromatic rings. The van der Waals surface area contributed by atoms with E-state index in [1.165, 1.54) is 0 Å². The first-order valence-electron chi connectivity index (χ1n) is 16.6. The summed E-state index contributed by atoms with van der Waals surface area (Å²) in [5.41, 5.74) is -0.727. The minimum absolute atomic E-state index is 0.0671. The van der Waals surface area contributed by atoms with Crippen molar-refractivity contribution in [2.24, 2.45) is 11.8 Å². The van der Waals surface area contributed by atoms with Gasteiger partial charge >= 0.3 is 0 Å². The summed E-state index contributed by atoms with van der Waals surface area (Å²) >= 11 is 10.2. The zero-order chi connectivity index (χ0) is 34.6. The van der Waals surface area contributed by atoms with E-state index in [1.807, 2.05) is 39.0 Å². The monoisotopic (exact) mass is 751 g/mol. The highest BCUT2D eigenvalue weighted by Gasteiger charge is 2.69. The molecule has 13 heteroatoms. The number of ether oxygens (including phenoxy) is 2. The number of rotatable bonds is 11. The van der Waals surface area contributed by atoms with Crippen LogP contribution in [-0.4, -0.2) is 72.9 Å². The Morgan fingerprint density at radius 3 is 2.32 bits per heavy atom. The standard InChI is InChI=1S/C34H47BrClN3O7Si/c1-10-12-14-43-27-22-19(31(36)37-30(27)35)16-18-17-20-24(39(6)7)26-23(32(38-45-26)44-15-13-11-2)29(42)34(20,28(41)21(18)25(22)40)46-47(8,9)33(3,4)5/h18,20,24,40H,10-17H2,1-9H3/t18-,20-,24-,34-/m0/s1. The molecular weight excluding hydrogens is 706 g/mol. The zero-order valence-electron chi connectivity index (χ0n) is 28.9. The van der Waals surface area contributed by atoms with Gasteiger partial charge in [0.25, 0.3) is 5.88 Å². The normalized spacial score (nSPS) is 24.2. The van der Waals surface area contributed by atoms with Crippen LogP contribution in [0.1, 0.15) is 100 Å². The summed E-state index contributed by atoms with van der Waals surface area (Å²) in [7, 11) is 0.956. The summed E-state index contributed by atoms with van der Waals surface area (Å²) in [6.45, 7) is 15.1. The molecule has 1 fully saturated rings. The van der Waals surface area contributed by atoms with Gasteiger partial charge in [0.2, 0.25) is 11.6 Å². The van der Waals surface area contributed by atoms with Gasteiger partial charge in [-0.25, -0.2) is 4.98 Å². The van der Waals surface area contributed by atoms with Crippen LogP contribution < -0.4 is 9.47 Å². The number of aliphatic hydroxyl groups is 1. The molecule has 2 aromatic heterocycles. The summed E-state index contributed by atoms with van der Waals surface area (Å²) in [5.74, 6) is -1.68. The molecule has 0 amide bonds. The van der Waals surface area contributed by atoms with E-state index in [0.717, 1.165) is 25.7 Å². The fourth-order valence-electron chi connectivity index (χ4n) is 6.87. The van der Waals surface area contributed by atoms with Crippen LogP contribution in [0.5, 0.6) is 11.6 Å². The second kappa shape index (κ2) is 13.2. The number of aromatic nitrogens is 2. The van der Waals surface area contributed by atoms with E-state index in [1.54, 1.807) is 0 Å². The molecule has 3 aliphatic carbocycles. The van der Waals surface area contributed by atoms with Crippen LogP contribution in [0.15, 0.2) is 14.7 Å². The number of ketones is 2. The Balaban J connectivity index is 1.77. The lowest BCUT2D eigenvalue weighted by Gasteiger charge is -2.55. The minimum atomic E-state index is -2.83. The molecule has 1 saturated carbocycles. The third-order valence-electron chi connectivity index (χ3n) is 10.3. The fourth-order valence-corrected chi connectivity index (χ4v) is 9.16. The lowest BCUT2D eigenvalue weighted by molar-refractivity contribution is -0.140. The average Bonchev–Trinajstić information content (AvgIpc) is 3.39. The molecule has 0 saturated heterocycles. The lowest BCUT2D eigenvalue weighted by Crippen LogP contribution is -2.68. The van der Waals surface area contributed by atoms with Crippen molar-refractivity contribution in [1.82, 2.24) is 15.0 Å². The van der Waals surface area contributed by atoms with Gasteiger partial charge in [0, 0.05) is 17.1 Å². The van der Waals surface area contributed by atoms with Crippen LogP contribution in [0, 0.1) is 11.8 Å². The van der Waals surface area contributed by atoms with Crippen LogP contribution in [0.3, 0.4) is 0 Å². The highest BCUT2D eigenvalue weighted by molar-refractivity contribution is 9.10. The Morgan fingerprint density at radius 1 is 1.09 bits per heavy atom. The smallest absolute Gasteiger partial charge is 0.265 e. The van der Waals surface area contributed by atoms with Crippen LogP contribution in [-0.2, 0) is 15.6 Å². The first-order chi connectivity index (χ1) is 22.0. The van der Waals surface area contributed by atoms with E-state index in [2.05, 4.69) is 53.8 Å². The van der Waals surface area contributed by atoms with Crippen molar-refractivity contribution in [3.8, 4) is 11.6 Å². The van der Waals surface area contributed by atoms with E-state index >= 15 is 9.59 Å². The summed E-state index contributed by atoms with van der Waals surface area (Å²) in [6, 6.07) is -0.538. The summed E-state index contributed by atoms with van der Waals surface area (Å²) in [6.07, 6.45) is 4.03. The van der Waals surface area contributed by atoms with Crippen molar-refractivity contribution in [2.75, 3.05) is 27.3 Å². The molecule has 0 unspecified atom stereocenters. The third-order valence-corrected chi connectivity index (χ3v) is 15.6. The molecule has 10 nitrogen and oxygen atoms in total. The fraction of sp³-hybridized carbons (Fsp3) is 0.647. The Hall–Kier alpha value is -2.25. The number of carbonyl (C=O) groups excluding carboxylic acids is 2. The Morgan fingerprint density at radius 2 is 1.72 bits per heavy atom. The number of carbonyl (C=O) groups is 2. The molecular formula is C34H47BrClN3O7Si. The van der Waals surface area contributed by atoms with Gasteiger partial charge in [-0.05, 0) is 84.9 Å². The number of hydrogen-bond acceptors (Lipinski definition) is 10. The molecule has 258 valence electrons. The first kappa shape index (κ1) is 36.0. The molecule has 3 aliphatic rings. The van der Waals surface area contributed by atoms with Gasteiger partial charge in [-0.15, -0.1) is 0 Å². The van der Waals surface area contributed by atoms with E-state index in [9.17, 15) is 5.11 Å². The van der Waals surface area contributed by atoms with Crippen molar-refractivity contribution in [1.29, 1.82) is 0 Å². The number of pyridine rings is 1. The second-order valence-corrected chi connectivity index (χ2v) is 20.5.